The minimum absolute atomic E-state index is 0.0917. The van der Waals surface area contributed by atoms with Gasteiger partial charge in [0.2, 0.25) is 0 Å². The second-order valence-corrected chi connectivity index (χ2v) is 9.62. The zero-order valence-corrected chi connectivity index (χ0v) is 20.0. The smallest absolute Gasteiger partial charge is 0.305 e. The van der Waals surface area contributed by atoms with E-state index in [0.717, 1.165) is 60.6 Å². The molecule has 1 saturated heterocycles. The number of fused-ring (bicyclic) bond motifs is 1. The van der Waals surface area contributed by atoms with Gasteiger partial charge >= 0.3 is 5.97 Å². The number of aromatic nitrogens is 2. The van der Waals surface area contributed by atoms with Gasteiger partial charge in [-0.05, 0) is 36.7 Å². The first-order chi connectivity index (χ1) is 16.5. The Kier molecular flexibility index (Phi) is 8.21. The van der Waals surface area contributed by atoms with Crippen LogP contribution in [-0.2, 0) is 17.9 Å². The van der Waals surface area contributed by atoms with Gasteiger partial charge in [0, 0.05) is 55.4 Å². The predicted molar refractivity (Wildman–Crippen MR) is 136 cm³/mol. The van der Waals surface area contributed by atoms with Gasteiger partial charge in [0.25, 0.3) is 5.91 Å². The van der Waals surface area contributed by atoms with Crippen LogP contribution in [-0.4, -0.2) is 69.1 Å². The van der Waals surface area contributed by atoms with Crippen LogP contribution < -0.4 is 11.1 Å². The number of hydrogen-bond acceptors (Lipinski definition) is 6. The molecule has 2 aromatic carbocycles. The largest absolute Gasteiger partial charge is 0.481 e. The van der Waals surface area contributed by atoms with Crippen LogP contribution in [0.15, 0.2) is 42.5 Å². The molecule has 9 heteroatoms. The highest BCUT2D eigenvalue weighted by Crippen LogP contribution is 2.27. The Labute approximate surface area is 203 Å². The number of carbonyl (C=O) groups is 2. The molecule has 1 fully saturated rings. The third-order valence-electron chi connectivity index (χ3n) is 6.04. The van der Waals surface area contributed by atoms with E-state index in [-0.39, 0.29) is 18.9 Å². The number of carboxylic acid groups (broad SMARTS) is 1. The number of aryl methyl sites for hydroxylation is 1. The molecule has 4 rings (SSSR count). The molecule has 0 radical (unpaired) electrons. The lowest BCUT2D eigenvalue weighted by Crippen LogP contribution is -2.33. The summed E-state index contributed by atoms with van der Waals surface area (Å²) in [5, 5.41) is 11.4. The molecule has 4 N–H and O–H groups in total. The number of nitrogens with one attached hydrogen (secondary N) is 1. The third kappa shape index (κ3) is 5.97. The standard InChI is InChI=1S/C25H31N5O3S/c26-17-18-2-4-19(5-3-18)24-28-21-16-20(25(33)27-9-8-23(31)32)6-7-22(21)30(24)11-1-10-29-12-14-34-15-13-29/h2-7,16H,1,8-15,17,26H2,(H,27,33)(H,31,32). The maximum Gasteiger partial charge on any atom is 0.305 e. The molecule has 1 aliphatic heterocycles. The molecule has 0 bridgehead atoms. The van der Waals surface area contributed by atoms with Crippen molar-refractivity contribution in [2.45, 2.75) is 25.9 Å². The minimum Gasteiger partial charge on any atom is -0.481 e. The van der Waals surface area contributed by atoms with Crippen molar-refractivity contribution in [3.63, 3.8) is 0 Å². The monoisotopic (exact) mass is 481 g/mol. The molecule has 0 unspecified atom stereocenters. The summed E-state index contributed by atoms with van der Waals surface area (Å²) in [6, 6.07) is 13.6. The van der Waals surface area contributed by atoms with E-state index in [1.165, 1.54) is 11.5 Å². The van der Waals surface area contributed by atoms with E-state index in [4.69, 9.17) is 15.8 Å². The molecule has 8 nitrogen and oxygen atoms in total. The summed E-state index contributed by atoms with van der Waals surface area (Å²) >= 11 is 2.02. The number of rotatable bonds is 10. The number of nitrogens with two attached hydrogens (primary N) is 1. The molecule has 0 spiro atoms. The molecule has 2 heterocycles. The van der Waals surface area contributed by atoms with Gasteiger partial charge in [-0.25, -0.2) is 4.98 Å². The minimum atomic E-state index is -0.942. The van der Waals surface area contributed by atoms with Crippen LogP contribution in [0.5, 0.6) is 0 Å². The molecule has 1 amide bonds. The van der Waals surface area contributed by atoms with Crippen molar-refractivity contribution in [1.29, 1.82) is 0 Å². The average molecular weight is 482 g/mol. The van der Waals surface area contributed by atoms with Gasteiger partial charge in [0.15, 0.2) is 0 Å². The van der Waals surface area contributed by atoms with Gasteiger partial charge < -0.3 is 25.6 Å². The topological polar surface area (TPSA) is 113 Å². The number of aliphatic carboxylic acids is 1. The second kappa shape index (κ2) is 11.5. The fraction of sp³-hybridized carbons (Fsp3) is 0.400. The quantitative estimate of drug-likeness (QED) is 0.408. The number of nitrogens with zero attached hydrogens (tertiary/aromatic N) is 3. The zero-order chi connectivity index (χ0) is 23.9. The zero-order valence-electron chi connectivity index (χ0n) is 19.2. The Morgan fingerprint density at radius 2 is 1.85 bits per heavy atom. The molecule has 0 atom stereocenters. The van der Waals surface area contributed by atoms with Crippen LogP contribution in [0.3, 0.4) is 0 Å². The first-order valence-corrected chi connectivity index (χ1v) is 12.8. The van der Waals surface area contributed by atoms with Crippen LogP contribution in [0.1, 0.15) is 28.8 Å². The van der Waals surface area contributed by atoms with Crippen LogP contribution in [0.25, 0.3) is 22.4 Å². The fourth-order valence-electron chi connectivity index (χ4n) is 4.17. The molecule has 0 saturated carbocycles. The third-order valence-corrected chi connectivity index (χ3v) is 6.98. The number of hydrogen-bond donors (Lipinski definition) is 3. The van der Waals surface area contributed by atoms with E-state index in [0.29, 0.717) is 12.1 Å². The van der Waals surface area contributed by atoms with Crippen molar-refractivity contribution < 1.29 is 14.7 Å². The van der Waals surface area contributed by atoms with Crippen molar-refractivity contribution in [2.75, 3.05) is 37.7 Å². The average Bonchev–Trinajstić information content (AvgIpc) is 3.22. The number of carboxylic acids is 1. The number of carbonyl (C=O) groups excluding carboxylic acids is 1. The predicted octanol–water partition coefficient (Wildman–Crippen LogP) is 2.81. The summed E-state index contributed by atoms with van der Waals surface area (Å²) in [5.74, 6) is 2.03. The summed E-state index contributed by atoms with van der Waals surface area (Å²) in [6.45, 7) is 4.75. The Morgan fingerprint density at radius 1 is 1.09 bits per heavy atom. The molecule has 180 valence electrons. The van der Waals surface area contributed by atoms with Crippen LogP contribution >= 0.6 is 11.8 Å². The lowest BCUT2D eigenvalue weighted by molar-refractivity contribution is -0.136. The van der Waals surface area contributed by atoms with Gasteiger partial charge in [0.05, 0.1) is 17.5 Å². The van der Waals surface area contributed by atoms with Crippen molar-refractivity contribution in [3.8, 4) is 11.4 Å². The van der Waals surface area contributed by atoms with Gasteiger partial charge in [-0.3, -0.25) is 9.59 Å². The number of imidazole rings is 1. The first kappa shape index (κ1) is 24.3. The van der Waals surface area contributed by atoms with Gasteiger partial charge in [-0.15, -0.1) is 0 Å². The second-order valence-electron chi connectivity index (χ2n) is 8.40. The van der Waals surface area contributed by atoms with E-state index in [9.17, 15) is 9.59 Å². The van der Waals surface area contributed by atoms with Crippen molar-refractivity contribution in [3.05, 3.63) is 53.6 Å². The number of benzene rings is 2. The van der Waals surface area contributed by atoms with Crippen molar-refractivity contribution >= 4 is 34.7 Å². The Balaban J connectivity index is 1.59. The van der Waals surface area contributed by atoms with Gasteiger partial charge in [-0.2, -0.15) is 11.8 Å². The van der Waals surface area contributed by atoms with E-state index in [1.807, 2.05) is 42.1 Å². The fourth-order valence-corrected chi connectivity index (χ4v) is 5.15. The van der Waals surface area contributed by atoms with E-state index in [1.54, 1.807) is 12.1 Å². The summed E-state index contributed by atoms with van der Waals surface area (Å²) in [7, 11) is 0. The molecular formula is C25H31N5O3S. The number of amides is 1. The molecular weight excluding hydrogens is 450 g/mol. The summed E-state index contributed by atoms with van der Waals surface area (Å²) in [4.78, 5) is 30.6. The maximum atomic E-state index is 12.5. The van der Waals surface area contributed by atoms with Gasteiger partial charge in [-0.1, -0.05) is 24.3 Å². The highest BCUT2D eigenvalue weighted by Gasteiger charge is 2.16. The van der Waals surface area contributed by atoms with E-state index in [2.05, 4.69) is 14.8 Å². The van der Waals surface area contributed by atoms with Crippen LogP contribution in [0, 0.1) is 0 Å². The van der Waals surface area contributed by atoms with Gasteiger partial charge in [0.1, 0.15) is 5.82 Å². The Morgan fingerprint density at radius 3 is 2.56 bits per heavy atom. The summed E-state index contributed by atoms with van der Waals surface area (Å²) in [6.07, 6.45) is 0.905. The highest BCUT2D eigenvalue weighted by atomic mass is 32.2. The van der Waals surface area contributed by atoms with E-state index >= 15 is 0 Å². The Bertz CT molecular complexity index is 1140. The molecule has 34 heavy (non-hydrogen) atoms. The summed E-state index contributed by atoms with van der Waals surface area (Å²) < 4.78 is 2.23. The van der Waals surface area contributed by atoms with Crippen molar-refractivity contribution in [1.82, 2.24) is 19.8 Å². The normalized spacial score (nSPS) is 14.4. The first-order valence-electron chi connectivity index (χ1n) is 11.6. The number of thioether (sulfide) groups is 1. The van der Waals surface area contributed by atoms with Crippen LogP contribution in [0.2, 0.25) is 0 Å². The molecule has 0 aliphatic carbocycles. The molecule has 1 aromatic heterocycles. The lowest BCUT2D eigenvalue weighted by Gasteiger charge is -2.26. The lowest BCUT2D eigenvalue weighted by atomic mass is 10.1. The van der Waals surface area contributed by atoms with Crippen molar-refractivity contribution in [2.24, 2.45) is 5.73 Å². The molecule has 1 aliphatic rings. The SMILES string of the molecule is NCc1ccc(-c2nc3cc(C(=O)NCCC(=O)O)ccc3n2CCCN2CCSCC2)cc1. The van der Waals surface area contributed by atoms with E-state index < -0.39 is 5.97 Å². The van der Waals surface area contributed by atoms with Crippen LogP contribution in [0.4, 0.5) is 0 Å². The highest BCUT2D eigenvalue weighted by molar-refractivity contribution is 7.99. The Hall–Kier alpha value is -2.88. The maximum absolute atomic E-state index is 12.5. The molecule has 3 aromatic rings. The summed E-state index contributed by atoms with van der Waals surface area (Å²) in [5.41, 5.74) is 10.0.